The number of phenols is 1. The summed E-state index contributed by atoms with van der Waals surface area (Å²) >= 11 is 0. The van der Waals surface area contributed by atoms with Crippen molar-refractivity contribution in [1.29, 1.82) is 0 Å². The van der Waals surface area contributed by atoms with E-state index in [4.69, 9.17) is 0 Å². The van der Waals surface area contributed by atoms with Gasteiger partial charge in [-0.1, -0.05) is 0 Å². The summed E-state index contributed by atoms with van der Waals surface area (Å²) in [5.74, 6) is -0.601. The maximum atomic E-state index is 12.0. The third-order valence-corrected chi connectivity index (χ3v) is 3.24. The van der Waals surface area contributed by atoms with Gasteiger partial charge in [-0.2, -0.15) is 5.10 Å². The number of anilines is 1. The SMILES string of the molecule is CN(C)c1ccc(C(=O)N/N=C/c2cc([N+](=O)[O-])ccc2O)cc1. The Morgan fingerprint density at radius 2 is 1.92 bits per heavy atom. The lowest BCUT2D eigenvalue weighted by Gasteiger charge is -2.12. The fourth-order valence-corrected chi connectivity index (χ4v) is 1.89. The van der Waals surface area contributed by atoms with E-state index in [1.165, 1.54) is 12.1 Å². The number of hydrogen-bond donors (Lipinski definition) is 2. The largest absolute Gasteiger partial charge is 0.507 e. The van der Waals surface area contributed by atoms with Crippen LogP contribution in [-0.4, -0.2) is 36.2 Å². The molecule has 124 valence electrons. The highest BCUT2D eigenvalue weighted by Gasteiger charge is 2.09. The van der Waals surface area contributed by atoms with E-state index in [-0.39, 0.29) is 17.0 Å². The van der Waals surface area contributed by atoms with E-state index in [0.717, 1.165) is 18.0 Å². The molecule has 0 fully saturated rings. The molecule has 1 amide bonds. The number of carbonyl (C=O) groups is 1. The Morgan fingerprint density at radius 3 is 2.50 bits per heavy atom. The van der Waals surface area contributed by atoms with Gasteiger partial charge in [0.1, 0.15) is 5.75 Å². The van der Waals surface area contributed by atoms with Crippen molar-refractivity contribution in [2.75, 3.05) is 19.0 Å². The number of non-ortho nitro benzene ring substituents is 1. The number of nitro benzene ring substituents is 1. The molecule has 0 unspecified atom stereocenters. The van der Waals surface area contributed by atoms with Gasteiger partial charge in [-0.3, -0.25) is 14.9 Å². The highest BCUT2D eigenvalue weighted by molar-refractivity contribution is 5.95. The summed E-state index contributed by atoms with van der Waals surface area (Å²) in [7, 11) is 3.79. The van der Waals surface area contributed by atoms with Crippen molar-refractivity contribution in [3.63, 3.8) is 0 Å². The molecule has 2 N–H and O–H groups in total. The Kier molecular flexibility index (Phi) is 5.10. The van der Waals surface area contributed by atoms with Gasteiger partial charge in [0.15, 0.2) is 0 Å². The third-order valence-electron chi connectivity index (χ3n) is 3.24. The average Bonchev–Trinajstić information content (AvgIpc) is 2.56. The standard InChI is InChI=1S/C16H16N4O4/c1-19(2)13-5-3-11(4-6-13)16(22)18-17-10-12-9-14(20(23)24)7-8-15(12)21/h3-10,21H,1-2H3,(H,18,22)/b17-10+. The van der Waals surface area contributed by atoms with Gasteiger partial charge in [-0.05, 0) is 30.3 Å². The van der Waals surface area contributed by atoms with Crippen molar-refractivity contribution in [3.8, 4) is 5.75 Å². The molecule has 0 heterocycles. The summed E-state index contributed by atoms with van der Waals surface area (Å²) in [5.41, 5.74) is 3.63. The number of carbonyl (C=O) groups excluding carboxylic acids is 1. The van der Waals surface area contributed by atoms with E-state index >= 15 is 0 Å². The van der Waals surface area contributed by atoms with Crippen LogP contribution in [-0.2, 0) is 0 Å². The van der Waals surface area contributed by atoms with Gasteiger partial charge in [0.2, 0.25) is 0 Å². The van der Waals surface area contributed by atoms with Crippen LogP contribution in [0.15, 0.2) is 47.6 Å². The second-order valence-electron chi connectivity index (χ2n) is 5.14. The number of benzene rings is 2. The number of hydrogen-bond acceptors (Lipinski definition) is 6. The Morgan fingerprint density at radius 1 is 1.25 bits per heavy atom. The molecule has 0 bridgehead atoms. The minimum Gasteiger partial charge on any atom is -0.507 e. The molecule has 8 heteroatoms. The smallest absolute Gasteiger partial charge is 0.271 e. The summed E-state index contributed by atoms with van der Waals surface area (Å²) in [6.45, 7) is 0. The average molecular weight is 328 g/mol. The fourth-order valence-electron chi connectivity index (χ4n) is 1.89. The molecule has 0 aliphatic carbocycles. The zero-order valence-electron chi connectivity index (χ0n) is 13.1. The van der Waals surface area contributed by atoms with E-state index in [1.807, 2.05) is 19.0 Å². The molecule has 0 saturated carbocycles. The molecule has 0 aliphatic heterocycles. The van der Waals surface area contributed by atoms with Crippen LogP contribution in [0.4, 0.5) is 11.4 Å². The van der Waals surface area contributed by atoms with Crippen LogP contribution in [0.3, 0.4) is 0 Å². The summed E-state index contributed by atoms with van der Waals surface area (Å²) in [6.07, 6.45) is 1.15. The fraction of sp³-hybridized carbons (Fsp3) is 0.125. The number of nitro groups is 1. The summed E-state index contributed by atoms with van der Waals surface area (Å²) in [6, 6.07) is 10.4. The molecular weight excluding hydrogens is 312 g/mol. The van der Waals surface area contributed by atoms with Crippen LogP contribution >= 0.6 is 0 Å². The molecule has 8 nitrogen and oxygen atoms in total. The molecule has 0 spiro atoms. The van der Waals surface area contributed by atoms with Crippen molar-refractivity contribution in [2.24, 2.45) is 5.10 Å². The quantitative estimate of drug-likeness (QED) is 0.496. The number of nitrogens with one attached hydrogen (secondary N) is 1. The molecule has 2 aromatic carbocycles. The summed E-state index contributed by atoms with van der Waals surface area (Å²) in [5, 5.41) is 24.1. The summed E-state index contributed by atoms with van der Waals surface area (Å²) in [4.78, 5) is 24.0. The van der Waals surface area contributed by atoms with Crippen LogP contribution in [0.2, 0.25) is 0 Å². The molecule has 2 aromatic rings. The lowest BCUT2D eigenvalue weighted by atomic mass is 10.2. The van der Waals surface area contributed by atoms with Crippen LogP contribution < -0.4 is 10.3 Å². The Bertz CT molecular complexity index is 785. The molecule has 2 rings (SSSR count). The number of amides is 1. The first-order chi connectivity index (χ1) is 11.4. The van der Waals surface area contributed by atoms with Gasteiger partial charge in [0.25, 0.3) is 11.6 Å². The van der Waals surface area contributed by atoms with E-state index < -0.39 is 10.8 Å². The number of hydrazone groups is 1. The Hall–Kier alpha value is -3.42. The maximum absolute atomic E-state index is 12.0. The monoisotopic (exact) mass is 328 g/mol. The zero-order valence-corrected chi connectivity index (χ0v) is 13.1. The van der Waals surface area contributed by atoms with Crippen molar-refractivity contribution in [1.82, 2.24) is 5.43 Å². The van der Waals surface area contributed by atoms with Crippen LogP contribution in [0.1, 0.15) is 15.9 Å². The molecule has 0 atom stereocenters. The minimum atomic E-state index is -0.582. The first-order valence-electron chi connectivity index (χ1n) is 6.96. The second kappa shape index (κ2) is 7.23. The molecule has 0 aromatic heterocycles. The third kappa shape index (κ3) is 4.07. The highest BCUT2D eigenvalue weighted by Crippen LogP contribution is 2.21. The van der Waals surface area contributed by atoms with Crippen molar-refractivity contribution >= 4 is 23.5 Å². The van der Waals surface area contributed by atoms with Gasteiger partial charge < -0.3 is 10.0 Å². The number of phenolic OH excluding ortho intramolecular Hbond substituents is 1. The van der Waals surface area contributed by atoms with Gasteiger partial charge >= 0.3 is 0 Å². The topological polar surface area (TPSA) is 108 Å². The predicted octanol–water partition coefficient (Wildman–Crippen LogP) is 2.13. The molecule has 0 aliphatic rings. The van der Waals surface area contributed by atoms with E-state index in [9.17, 15) is 20.0 Å². The lowest BCUT2D eigenvalue weighted by molar-refractivity contribution is -0.384. The van der Waals surface area contributed by atoms with Gasteiger partial charge in [-0.25, -0.2) is 5.43 Å². The second-order valence-corrected chi connectivity index (χ2v) is 5.14. The van der Waals surface area contributed by atoms with Crippen LogP contribution in [0.5, 0.6) is 5.75 Å². The van der Waals surface area contributed by atoms with Crippen molar-refractivity contribution < 1.29 is 14.8 Å². The van der Waals surface area contributed by atoms with E-state index in [1.54, 1.807) is 24.3 Å². The number of aromatic hydroxyl groups is 1. The Balaban J connectivity index is 2.07. The van der Waals surface area contributed by atoms with Gasteiger partial charge in [-0.15, -0.1) is 0 Å². The van der Waals surface area contributed by atoms with E-state index in [2.05, 4.69) is 10.5 Å². The highest BCUT2D eigenvalue weighted by atomic mass is 16.6. The normalized spacial score (nSPS) is 10.6. The zero-order chi connectivity index (χ0) is 17.7. The van der Waals surface area contributed by atoms with Crippen molar-refractivity contribution in [2.45, 2.75) is 0 Å². The van der Waals surface area contributed by atoms with Gasteiger partial charge in [0, 0.05) is 43.0 Å². The number of rotatable bonds is 5. The van der Waals surface area contributed by atoms with Gasteiger partial charge in [0.05, 0.1) is 11.1 Å². The number of nitrogens with zero attached hydrogens (tertiary/aromatic N) is 3. The minimum absolute atomic E-state index is 0.132. The lowest BCUT2D eigenvalue weighted by Crippen LogP contribution is -2.18. The first-order valence-corrected chi connectivity index (χ1v) is 6.96. The first kappa shape index (κ1) is 16.9. The van der Waals surface area contributed by atoms with Crippen molar-refractivity contribution in [3.05, 3.63) is 63.7 Å². The Labute approximate surface area is 138 Å². The maximum Gasteiger partial charge on any atom is 0.271 e. The van der Waals surface area contributed by atoms with E-state index in [0.29, 0.717) is 5.56 Å². The molecule has 24 heavy (non-hydrogen) atoms. The molecular formula is C16H16N4O4. The van der Waals surface area contributed by atoms with Crippen LogP contribution in [0.25, 0.3) is 0 Å². The predicted molar refractivity (Wildman–Crippen MR) is 90.6 cm³/mol. The summed E-state index contributed by atoms with van der Waals surface area (Å²) < 4.78 is 0. The molecule has 0 radical (unpaired) electrons. The molecule has 0 saturated heterocycles. The van der Waals surface area contributed by atoms with Crippen LogP contribution in [0, 0.1) is 10.1 Å².